The van der Waals surface area contributed by atoms with E-state index in [4.69, 9.17) is 4.52 Å². The van der Waals surface area contributed by atoms with Gasteiger partial charge in [0, 0.05) is 0 Å². The van der Waals surface area contributed by atoms with E-state index < -0.39 is 0 Å². The van der Waals surface area contributed by atoms with E-state index in [1.54, 1.807) is 6.07 Å². The number of benzene rings is 1. The minimum absolute atomic E-state index is 0.0194. The molecule has 3 heteroatoms. The van der Waals surface area contributed by atoms with Crippen LogP contribution < -0.4 is 5.56 Å². The van der Waals surface area contributed by atoms with Crippen LogP contribution in [0.4, 0.5) is 0 Å². The van der Waals surface area contributed by atoms with Crippen molar-refractivity contribution in [2.45, 2.75) is 26.3 Å². The summed E-state index contributed by atoms with van der Waals surface area (Å²) >= 11 is 0. The molecular weight excluding hydrogens is 178 g/mol. The van der Waals surface area contributed by atoms with Crippen molar-refractivity contribution in [1.29, 1.82) is 0 Å². The lowest BCUT2D eigenvalue weighted by Crippen LogP contribution is -2.13. The Kier molecular flexibility index (Phi) is 2.39. The third-order valence-corrected chi connectivity index (χ3v) is 2.27. The standard InChI is InChI=1S/C11H13NO2/c1-2-3-8-12-11(13)9-6-4-5-7-10(9)14-12/h4-7H,2-3,8H2,1H3. The van der Waals surface area contributed by atoms with Crippen molar-refractivity contribution in [1.82, 2.24) is 4.74 Å². The van der Waals surface area contributed by atoms with Gasteiger partial charge in [-0.25, -0.2) is 0 Å². The van der Waals surface area contributed by atoms with Gasteiger partial charge in [0.05, 0.1) is 11.9 Å². The molecule has 0 saturated carbocycles. The van der Waals surface area contributed by atoms with Gasteiger partial charge in [0.25, 0.3) is 5.56 Å². The molecule has 1 aromatic heterocycles. The number of nitrogens with zero attached hydrogens (tertiary/aromatic N) is 1. The van der Waals surface area contributed by atoms with E-state index in [-0.39, 0.29) is 5.56 Å². The van der Waals surface area contributed by atoms with Crippen LogP contribution in [-0.4, -0.2) is 4.74 Å². The Morgan fingerprint density at radius 2 is 2.14 bits per heavy atom. The smallest absolute Gasteiger partial charge is 0.290 e. The zero-order valence-electron chi connectivity index (χ0n) is 8.19. The SMILES string of the molecule is CCCCn1oc2ccccc2c1=O. The summed E-state index contributed by atoms with van der Waals surface area (Å²) in [6, 6.07) is 7.33. The van der Waals surface area contributed by atoms with E-state index in [1.807, 2.05) is 18.2 Å². The molecule has 0 aliphatic heterocycles. The largest absolute Gasteiger partial charge is 0.376 e. The summed E-state index contributed by atoms with van der Waals surface area (Å²) < 4.78 is 6.84. The number of aryl methyl sites for hydroxylation is 1. The van der Waals surface area contributed by atoms with Crippen molar-refractivity contribution < 1.29 is 4.52 Å². The highest BCUT2D eigenvalue weighted by Gasteiger charge is 2.06. The summed E-state index contributed by atoms with van der Waals surface area (Å²) in [6.45, 7) is 2.76. The molecule has 0 aliphatic carbocycles. The number of fused-ring (bicyclic) bond motifs is 1. The number of unbranched alkanes of at least 4 members (excludes halogenated alkanes) is 1. The second-order valence-electron chi connectivity index (χ2n) is 3.35. The van der Waals surface area contributed by atoms with Crippen LogP contribution in [0.25, 0.3) is 11.0 Å². The zero-order valence-corrected chi connectivity index (χ0v) is 8.19. The summed E-state index contributed by atoms with van der Waals surface area (Å²) in [6.07, 6.45) is 2.03. The van der Waals surface area contributed by atoms with Gasteiger partial charge in [0.1, 0.15) is 0 Å². The van der Waals surface area contributed by atoms with Gasteiger partial charge in [-0.3, -0.25) is 4.79 Å². The lowest BCUT2D eigenvalue weighted by atomic mass is 10.3. The minimum atomic E-state index is -0.0194. The van der Waals surface area contributed by atoms with Crippen LogP contribution in [0.2, 0.25) is 0 Å². The molecule has 2 aromatic rings. The first-order chi connectivity index (χ1) is 6.83. The van der Waals surface area contributed by atoms with Crippen molar-refractivity contribution in [3.05, 3.63) is 34.6 Å². The summed E-state index contributed by atoms with van der Waals surface area (Å²) in [5.74, 6) is 0. The Bertz CT molecular complexity index is 481. The first-order valence-electron chi connectivity index (χ1n) is 4.92. The van der Waals surface area contributed by atoms with Crippen molar-refractivity contribution >= 4 is 11.0 Å². The van der Waals surface area contributed by atoms with Gasteiger partial charge in [-0.1, -0.05) is 25.5 Å². The van der Waals surface area contributed by atoms with Gasteiger partial charge < -0.3 is 4.52 Å². The van der Waals surface area contributed by atoms with Crippen molar-refractivity contribution in [2.75, 3.05) is 0 Å². The van der Waals surface area contributed by atoms with Gasteiger partial charge in [0.15, 0.2) is 5.58 Å². The highest BCUT2D eigenvalue weighted by atomic mass is 16.5. The number of aromatic nitrogens is 1. The fourth-order valence-electron chi connectivity index (χ4n) is 1.47. The first-order valence-corrected chi connectivity index (χ1v) is 4.92. The van der Waals surface area contributed by atoms with Crippen molar-refractivity contribution in [3.63, 3.8) is 0 Å². The average Bonchev–Trinajstić information content (AvgIpc) is 2.54. The lowest BCUT2D eigenvalue weighted by molar-refractivity contribution is 0.277. The van der Waals surface area contributed by atoms with E-state index in [0.29, 0.717) is 17.5 Å². The molecule has 0 spiro atoms. The Labute approximate surface area is 81.9 Å². The Hall–Kier alpha value is -1.51. The molecule has 3 nitrogen and oxygen atoms in total. The molecule has 0 atom stereocenters. The minimum Gasteiger partial charge on any atom is -0.376 e. The molecule has 0 radical (unpaired) electrons. The maximum atomic E-state index is 11.7. The molecule has 0 amide bonds. The van der Waals surface area contributed by atoms with Gasteiger partial charge in [-0.05, 0) is 18.6 Å². The number of hydrogen-bond acceptors (Lipinski definition) is 2. The maximum absolute atomic E-state index is 11.7. The fraction of sp³-hybridized carbons (Fsp3) is 0.364. The molecule has 14 heavy (non-hydrogen) atoms. The molecule has 0 saturated heterocycles. The van der Waals surface area contributed by atoms with Crippen LogP contribution >= 0.6 is 0 Å². The average molecular weight is 191 g/mol. The molecule has 0 bridgehead atoms. The lowest BCUT2D eigenvalue weighted by Gasteiger charge is -1.95. The monoisotopic (exact) mass is 191 g/mol. The van der Waals surface area contributed by atoms with E-state index in [0.717, 1.165) is 12.8 Å². The quantitative estimate of drug-likeness (QED) is 0.746. The van der Waals surface area contributed by atoms with Crippen LogP contribution in [0.15, 0.2) is 33.6 Å². The van der Waals surface area contributed by atoms with Gasteiger partial charge in [-0.15, -0.1) is 0 Å². The Balaban J connectivity index is 2.47. The molecule has 1 aromatic carbocycles. The van der Waals surface area contributed by atoms with E-state index in [1.165, 1.54) is 4.74 Å². The highest BCUT2D eigenvalue weighted by Crippen LogP contribution is 2.09. The number of rotatable bonds is 3. The fourth-order valence-corrected chi connectivity index (χ4v) is 1.47. The topological polar surface area (TPSA) is 35.1 Å². The molecule has 0 N–H and O–H groups in total. The normalized spacial score (nSPS) is 10.9. The maximum Gasteiger partial charge on any atom is 0.290 e. The predicted molar refractivity (Wildman–Crippen MR) is 55.4 cm³/mol. The molecular formula is C11H13NO2. The second kappa shape index (κ2) is 3.70. The van der Waals surface area contributed by atoms with Gasteiger partial charge in [0.2, 0.25) is 0 Å². The predicted octanol–water partition coefficient (Wildman–Crippen LogP) is 2.39. The molecule has 2 rings (SSSR count). The second-order valence-corrected chi connectivity index (χ2v) is 3.35. The molecule has 0 aliphatic rings. The third-order valence-electron chi connectivity index (χ3n) is 2.27. The highest BCUT2D eigenvalue weighted by molar-refractivity contribution is 5.75. The van der Waals surface area contributed by atoms with Crippen LogP contribution in [0.3, 0.4) is 0 Å². The summed E-state index contributed by atoms with van der Waals surface area (Å²) in [5.41, 5.74) is 0.655. The first kappa shape index (κ1) is 9.06. The Morgan fingerprint density at radius 1 is 1.36 bits per heavy atom. The molecule has 74 valence electrons. The molecule has 0 fully saturated rings. The zero-order chi connectivity index (χ0) is 9.97. The van der Waals surface area contributed by atoms with Crippen LogP contribution in [0.1, 0.15) is 19.8 Å². The van der Waals surface area contributed by atoms with E-state index in [2.05, 4.69) is 6.92 Å². The van der Waals surface area contributed by atoms with E-state index in [9.17, 15) is 4.79 Å². The Morgan fingerprint density at radius 3 is 2.86 bits per heavy atom. The summed E-state index contributed by atoms with van der Waals surface area (Å²) in [7, 11) is 0. The van der Waals surface area contributed by atoms with Gasteiger partial charge in [-0.2, -0.15) is 4.74 Å². The number of hydrogen-bond donors (Lipinski definition) is 0. The van der Waals surface area contributed by atoms with E-state index >= 15 is 0 Å². The summed E-state index contributed by atoms with van der Waals surface area (Å²) in [4.78, 5) is 11.7. The van der Waals surface area contributed by atoms with Gasteiger partial charge >= 0.3 is 0 Å². The van der Waals surface area contributed by atoms with Crippen LogP contribution in [0, 0.1) is 0 Å². The van der Waals surface area contributed by atoms with Crippen molar-refractivity contribution in [2.24, 2.45) is 0 Å². The van der Waals surface area contributed by atoms with Crippen LogP contribution in [-0.2, 0) is 6.54 Å². The summed E-state index contributed by atoms with van der Waals surface area (Å²) in [5, 5.41) is 0.670. The molecule has 1 heterocycles. The number of para-hydroxylation sites is 1. The molecule has 0 unspecified atom stereocenters. The van der Waals surface area contributed by atoms with Crippen LogP contribution in [0.5, 0.6) is 0 Å². The van der Waals surface area contributed by atoms with Crippen molar-refractivity contribution in [3.8, 4) is 0 Å². The third kappa shape index (κ3) is 1.45.